The van der Waals surface area contributed by atoms with E-state index in [0.29, 0.717) is 41.4 Å². The number of hydrogen-bond acceptors (Lipinski definition) is 5. The van der Waals surface area contributed by atoms with Gasteiger partial charge in [-0.25, -0.2) is 8.42 Å². The minimum Gasteiger partial charge on any atom is -0.493 e. The van der Waals surface area contributed by atoms with Crippen LogP contribution in [0.5, 0.6) is 11.5 Å². The van der Waals surface area contributed by atoms with Crippen LogP contribution in [0.3, 0.4) is 0 Å². The van der Waals surface area contributed by atoms with Crippen LogP contribution in [-0.4, -0.2) is 40.8 Å². The fraction of sp³-hybridized carbons (Fsp3) is 0.278. The number of nitrogens with one attached hydrogen (secondary N) is 1. The van der Waals surface area contributed by atoms with Crippen molar-refractivity contribution in [2.24, 2.45) is 0 Å². The number of benzene rings is 2. The lowest BCUT2D eigenvalue weighted by molar-refractivity contribution is 0.102. The molecule has 0 saturated carbocycles. The van der Waals surface area contributed by atoms with Crippen molar-refractivity contribution in [1.82, 2.24) is 0 Å². The zero-order valence-electron chi connectivity index (χ0n) is 14.6. The van der Waals surface area contributed by atoms with Crippen LogP contribution in [-0.2, 0) is 10.0 Å². The van der Waals surface area contributed by atoms with E-state index in [9.17, 15) is 13.2 Å². The lowest BCUT2D eigenvalue weighted by atomic mass is 10.1. The number of nitrogens with zero attached hydrogens (tertiary/aromatic N) is 1. The van der Waals surface area contributed by atoms with Crippen molar-refractivity contribution in [1.29, 1.82) is 0 Å². The Balaban J connectivity index is 1.86. The zero-order valence-corrected chi connectivity index (χ0v) is 15.4. The Morgan fingerprint density at radius 1 is 1.12 bits per heavy atom. The van der Waals surface area contributed by atoms with Gasteiger partial charge >= 0.3 is 0 Å². The molecule has 0 unspecified atom stereocenters. The first-order chi connectivity index (χ1) is 12.5. The van der Waals surface area contributed by atoms with Gasteiger partial charge in [-0.2, -0.15) is 0 Å². The summed E-state index contributed by atoms with van der Waals surface area (Å²) in [7, 11) is -0.308. The average molecular weight is 376 g/mol. The van der Waals surface area contributed by atoms with Crippen molar-refractivity contribution in [2.45, 2.75) is 6.42 Å². The molecule has 0 bridgehead atoms. The molecule has 1 heterocycles. The summed E-state index contributed by atoms with van der Waals surface area (Å²) >= 11 is 0. The predicted molar refractivity (Wildman–Crippen MR) is 99.7 cm³/mol. The lowest BCUT2D eigenvalue weighted by Gasteiger charge is -2.18. The molecular weight excluding hydrogens is 356 g/mol. The van der Waals surface area contributed by atoms with Gasteiger partial charge in [0.15, 0.2) is 11.5 Å². The normalized spacial score (nSPS) is 15.5. The quantitative estimate of drug-likeness (QED) is 0.867. The Morgan fingerprint density at radius 3 is 2.54 bits per heavy atom. The van der Waals surface area contributed by atoms with E-state index >= 15 is 0 Å². The Morgan fingerprint density at radius 2 is 1.88 bits per heavy atom. The number of amides is 1. The van der Waals surface area contributed by atoms with E-state index in [0.717, 1.165) is 0 Å². The molecule has 0 atom stereocenters. The van der Waals surface area contributed by atoms with Gasteiger partial charge < -0.3 is 14.8 Å². The molecule has 8 heteroatoms. The highest BCUT2D eigenvalue weighted by atomic mass is 32.2. The summed E-state index contributed by atoms with van der Waals surface area (Å²) in [6, 6.07) is 11.8. The average Bonchev–Trinajstić information content (AvgIpc) is 3.00. The van der Waals surface area contributed by atoms with Crippen molar-refractivity contribution in [3.63, 3.8) is 0 Å². The van der Waals surface area contributed by atoms with Crippen LogP contribution in [0.15, 0.2) is 42.5 Å². The molecule has 1 N–H and O–H groups in total. The molecule has 1 saturated heterocycles. The van der Waals surface area contributed by atoms with Gasteiger partial charge in [0.05, 0.1) is 31.2 Å². The SMILES string of the molecule is COc1cccc(C(=O)Nc2cccc(N3CCCS3(=O)=O)c2)c1OC. The van der Waals surface area contributed by atoms with E-state index in [-0.39, 0.29) is 11.7 Å². The Labute approximate surface area is 152 Å². The fourth-order valence-electron chi connectivity index (χ4n) is 2.93. The summed E-state index contributed by atoms with van der Waals surface area (Å²) in [5.41, 5.74) is 1.36. The van der Waals surface area contributed by atoms with Gasteiger partial charge in [-0.1, -0.05) is 12.1 Å². The van der Waals surface area contributed by atoms with Crippen molar-refractivity contribution in [3.8, 4) is 11.5 Å². The van der Waals surface area contributed by atoms with Crippen LogP contribution in [0.2, 0.25) is 0 Å². The number of methoxy groups -OCH3 is 2. The highest BCUT2D eigenvalue weighted by Crippen LogP contribution is 2.32. The van der Waals surface area contributed by atoms with E-state index in [1.807, 2.05) is 0 Å². The third kappa shape index (κ3) is 3.45. The van der Waals surface area contributed by atoms with Crippen LogP contribution in [0, 0.1) is 0 Å². The van der Waals surface area contributed by atoms with Gasteiger partial charge in [-0.05, 0) is 36.8 Å². The lowest BCUT2D eigenvalue weighted by Crippen LogP contribution is -2.25. The zero-order chi connectivity index (χ0) is 18.7. The van der Waals surface area contributed by atoms with E-state index in [4.69, 9.17) is 9.47 Å². The standard InChI is InChI=1S/C18H20N2O5S/c1-24-16-9-4-8-15(17(16)25-2)18(21)19-13-6-3-7-14(12-13)20-10-5-11-26(20,22)23/h3-4,6-9,12H,5,10-11H2,1-2H3,(H,19,21). The van der Waals surface area contributed by atoms with Crippen LogP contribution in [0.1, 0.15) is 16.8 Å². The van der Waals surface area contributed by atoms with Gasteiger partial charge in [0.2, 0.25) is 10.0 Å². The highest BCUT2D eigenvalue weighted by molar-refractivity contribution is 7.93. The number of para-hydroxylation sites is 1. The minimum absolute atomic E-state index is 0.143. The summed E-state index contributed by atoms with van der Waals surface area (Å²) in [5.74, 6) is 0.565. The summed E-state index contributed by atoms with van der Waals surface area (Å²) < 4.78 is 36.0. The highest BCUT2D eigenvalue weighted by Gasteiger charge is 2.28. The maximum absolute atomic E-state index is 12.6. The number of carbonyl (C=O) groups excluding carboxylic acids is 1. The predicted octanol–water partition coefficient (Wildman–Crippen LogP) is 2.50. The van der Waals surface area contributed by atoms with Crippen LogP contribution < -0.4 is 19.1 Å². The molecule has 0 spiro atoms. The molecule has 1 amide bonds. The van der Waals surface area contributed by atoms with Crippen molar-refractivity contribution >= 4 is 27.3 Å². The number of hydrogen-bond donors (Lipinski definition) is 1. The molecule has 1 aliphatic heterocycles. The van der Waals surface area contributed by atoms with E-state index in [1.54, 1.807) is 42.5 Å². The van der Waals surface area contributed by atoms with Crippen molar-refractivity contribution in [3.05, 3.63) is 48.0 Å². The summed E-state index contributed by atoms with van der Waals surface area (Å²) in [6.45, 7) is 0.448. The van der Waals surface area contributed by atoms with Gasteiger partial charge in [0.1, 0.15) is 0 Å². The second-order valence-corrected chi connectivity index (χ2v) is 7.80. The monoisotopic (exact) mass is 376 g/mol. The molecule has 7 nitrogen and oxygen atoms in total. The number of rotatable bonds is 5. The van der Waals surface area contributed by atoms with Crippen LogP contribution in [0.4, 0.5) is 11.4 Å². The molecule has 26 heavy (non-hydrogen) atoms. The van der Waals surface area contributed by atoms with Gasteiger partial charge in [0.25, 0.3) is 5.91 Å². The van der Waals surface area contributed by atoms with Crippen molar-refractivity contribution < 1.29 is 22.7 Å². The maximum atomic E-state index is 12.6. The number of sulfonamides is 1. The maximum Gasteiger partial charge on any atom is 0.259 e. The first-order valence-corrected chi connectivity index (χ1v) is 9.70. The van der Waals surface area contributed by atoms with Gasteiger partial charge in [-0.15, -0.1) is 0 Å². The topological polar surface area (TPSA) is 84.9 Å². The van der Waals surface area contributed by atoms with Crippen LogP contribution >= 0.6 is 0 Å². The van der Waals surface area contributed by atoms with Crippen molar-refractivity contribution in [2.75, 3.05) is 36.1 Å². The second kappa shape index (κ2) is 7.25. The number of anilines is 2. The molecule has 1 aliphatic rings. The first-order valence-electron chi connectivity index (χ1n) is 8.09. The molecule has 3 rings (SSSR count). The Kier molecular flexibility index (Phi) is 5.03. The van der Waals surface area contributed by atoms with Gasteiger partial charge in [0, 0.05) is 12.2 Å². The molecular formula is C18H20N2O5S. The fourth-order valence-corrected chi connectivity index (χ4v) is 4.49. The molecule has 0 aliphatic carbocycles. The second-order valence-electron chi connectivity index (χ2n) is 5.79. The summed E-state index contributed by atoms with van der Waals surface area (Å²) in [6.07, 6.45) is 0.597. The largest absolute Gasteiger partial charge is 0.493 e. The van der Waals surface area contributed by atoms with Crippen LogP contribution in [0.25, 0.3) is 0 Å². The molecule has 1 fully saturated rings. The van der Waals surface area contributed by atoms with E-state index < -0.39 is 10.0 Å². The third-order valence-corrected chi connectivity index (χ3v) is 6.01. The molecule has 138 valence electrons. The summed E-state index contributed by atoms with van der Waals surface area (Å²) in [5, 5.41) is 2.78. The number of ether oxygens (including phenoxy) is 2. The first kappa shape index (κ1) is 18.1. The number of carbonyl (C=O) groups is 1. The molecule has 2 aromatic carbocycles. The summed E-state index contributed by atoms with van der Waals surface area (Å²) in [4.78, 5) is 12.6. The van der Waals surface area contributed by atoms with E-state index in [2.05, 4.69) is 5.32 Å². The Bertz CT molecular complexity index is 927. The molecule has 0 aromatic heterocycles. The smallest absolute Gasteiger partial charge is 0.259 e. The Hall–Kier alpha value is -2.74. The third-order valence-electron chi connectivity index (χ3n) is 4.14. The van der Waals surface area contributed by atoms with Gasteiger partial charge in [-0.3, -0.25) is 9.10 Å². The molecule has 2 aromatic rings. The van der Waals surface area contributed by atoms with E-state index in [1.165, 1.54) is 18.5 Å². The minimum atomic E-state index is -3.27. The molecule has 0 radical (unpaired) electrons.